The Morgan fingerprint density at radius 3 is 2.17 bits per heavy atom. The molecule has 1 atom stereocenters. The summed E-state index contributed by atoms with van der Waals surface area (Å²) in [5.41, 5.74) is 1.33. The van der Waals surface area contributed by atoms with Gasteiger partial charge in [0.05, 0.1) is 6.61 Å². The molecule has 1 N–H and O–H groups in total. The molecule has 0 aromatic heterocycles. The minimum atomic E-state index is -1.12. The van der Waals surface area contributed by atoms with E-state index < -0.39 is 17.8 Å². The predicted molar refractivity (Wildman–Crippen MR) is 116 cm³/mol. The summed E-state index contributed by atoms with van der Waals surface area (Å²) < 4.78 is 17.0. The number of nitrogens with one attached hydrogen (secondary N) is 1. The Labute approximate surface area is 182 Å². The van der Waals surface area contributed by atoms with Crippen molar-refractivity contribution in [2.45, 2.75) is 53.4 Å². The van der Waals surface area contributed by atoms with Crippen LogP contribution in [0.1, 0.15) is 50.6 Å². The first-order valence-corrected chi connectivity index (χ1v) is 10.1. The number of benzene rings is 2. The van der Waals surface area contributed by atoms with E-state index in [1.54, 1.807) is 45.0 Å². The van der Waals surface area contributed by atoms with Crippen LogP contribution in [0.5, 0.6) is 11.5 Å². The summed E-state index contributed by atoms with van der Waals surface area (Å²) in [5, 5.41) is 3.43. The molecular formula is C23H28ClNO5. The molecule has 0 saturated heterocycles. The summed E-state index contributed by atoms with van der Waals surface area (Å²) in [6.45, 7) is 10.5. The molecule has 0 aliphatic carbocycles. The number of amides is 1. The third-order valence-corrected chi connectivity index (χ3v) is 4.54. The zero-order valence-electron chi connectivity index (χ0n) is 18.2. The number of halogens is 1. The second-order valence-electron chi connectivity index (χ2n) is 7.47. The van der Waals surface area contributed by atoms with Crippen molar-refractivity contribution in [3.63, 3.8) is 0 Å². The average molecular weight is 434 g/mol. The standard InChI is InChI=1S/C23H28ClNO5/c1-7-28-22(27)23(5,6)30-19-10-8-17(9-11-19)21(25-16(4)26)29-20-14(2)12-18(24)13-15(20)3/h8-13,21H,7H2,1-6H3,(H,25,26). The van der Waals surface area contributed by atoms with Gasteiger partial charge in [0.15, 0.2) is 11.8 Å². The molecule has 1 unspecified atom stereocenters. The van der Waals surface area contributed by atoms with E-state index in [0.717, 1.165) is 16.7 Å². The molecule has 1 amide bonds. The molecule has 0 bridgehead atoms. The molecule has 30 heavy (non-hydrogen) atoms. The van der Waals surface area contributed by atoms with Gasteiger partial charge in [-0.05, 0) is 82.1 Å². The number of rotatable bonds is 8. The first-order chi connectivity index (χ1) is 14.0. The van der Waals surface area contributed by atoms with Crippen LogP contribution in [0, 0.1) is 13.8 Å². The molecule has 0 fully saturated rings. The molecule has 0 heterocycles. The van der Waals surface area contributed by atoms with Gasteiger partial charge in [-0.2, -0.15) is 0 Å². The highest BCUT2D eigenvalue weighted by Crippen LogP contribution is 2.31. The van der Waals surface area contributed by atoms with Gasteiger partial charge in [-0.3, -0.25) is 4.79 Å². The van der Waals surface area contributed by atoms with Crippen molar-refractivity contribution in [2.24, 2.45) is 0 Å². The Kier molecular flexibility index (Phi) is 7.73. The van der Waals surface area contributed by atoms with Crippen LogP contribution in [0.4, 0.5) is 0 Å². The lowest BCUT2D eigenvalue weighted by Gasteiger charge is -2.25. The summed E-state index contributed by atoms with van der Waals surface area (Å²) in [5.74, 6) is 0.481. The van der Waals surface area contributed by atoms with E-state index >= 15 is 0 Å². The fraction of sp³-hybridized carbons (Fsp3) is 0.391. The highest BCUT2D eigenvalue weighted by molar-refractivity contribution is 6.30. The number of carbonyl (C=O) groups excluding carboxylic acids is 2. The summed E-state index contributed by atoms with van der Waals surface area (Å²) in [6.07, 6.45) is -0.701. The number of aryl methyl sites for hydroxylation is 2. The summed E-state index contributed by atoms with van der Waals surface area (Å²) in [6, 6.07) is 10.6. The monoisotopic (exact) mass is 433 g/mol. The van der Waals surface area contributed by atoms with Crippen molar-refractivity contribution < 1.29 is 23.8 Å². The van der Waals surface area contributed by atoms with Gasteiger partial charge < -0.3 is 19.5 Å². The number of ether oxygens (including phenoxy) is 3. The van der Waals surface area contributed by atoms with Crippen molar-refractivity contribution >= 4 is 23.5 Å². The Hall–Kier alpha value is -2.73. The lowest BCUT2D eigenvalue weighted by Crippen LogP contribution is -2.39. The molecule has 0 aliphatic heterocycles. The summed E-state index contributed by atoms with van der Waals surface area (Å²) in [4.78, 5) is 23.8. The van der Waals surface area contributed by atoms with Crippen LogP contribution in [0.3, 0.4) is 0 Å². The molecule has 7 heteroatoms. The van der Waals surface area contributed by atoms with E-state index in [1.165, 1.54) is 6.92 Å². The van der Waals surface area contributed by atoms with E-state index in [-0.39, 0.29) is 12.5 Å². The van der Waals surface area contributed by atoms with Gasteiger partial charge in [0, 0.05) is 17.5 Å². The Morgan fingerprint density at radius 1 is 1.10 bits per heavy atom. The van der Waals surface area contributed by atoms with E-state index in [2.05, 4.69) is 5.32 Å². The zero-order valence-corrected chi connectivity index (χ0v) is 18.9. The first kappa shape index (κ1) is 23.5. The van der Waals surface area contributed by atoms with Crippen LogP contribution in [0.2, 0.25) is 5.02 Å². The first-order valence-electron chi connectivity index (χ1n) is 9.70. The molecule has 0 saturated carbocycles. The van der Waals surface area contributed by atoms with Gasteiger partial charge in [-0.1, -0.05) is 11.6 Å². The largest absolute Gasteiger partial charge is 0.476 e. The highest BCUT2D eigenvalue weighted by Gasteiger charge is 2.31. The van der Waals surface area contributed by atoms with Crippen molar-refractivity contribution in [2.75, 3.05) is 6.61 Å². The van der Waals surface area contributed by atoms with Crippen molar-refractivity contribution in [1.82, 2.24) is 5.32 Å². The molecule has 0 spiro atoms. The fourth-order valence-electron chi connectivity index (χ4n) is 2.92. The second kappa shape index (κ2) is 9.85. The minimum Gasteiger partial charge on any atom is -0.476 e. The van der Waals surface area contributed by atoms with Crippen LogP contribution in [-0.4, -0.2) is 24.1 Å². The number of hydrogen-bond donors (Lipinski definition) is 1. The molecule has 162 valence electrons. The molecule has 0 radical (unpaired) electrons. The van der Waals surface area contributed by atoms with E-state index in [4.69, 9.17) is 25.8 Å². The third kappa shape index (κ3) is 6.13. The number of hydrogen-bond acceptors (Lipinski definition) is 5. The number of carbonyl (C=O) groups is 2. The van der Waals surface area contributed by atoms with E-state index in [1.807, 2.05) is 26.0 Å². The van der Waals surface area contributed by atoms with Crippen LogP contribution in [0.25, 0.3) is 0 Å². The maximum Gasteiger partial charge on any atom is 0.349 e. The minimum absolute atomic E-state index is 0.229. The zero-order chi connectivity index (χ0) is 22.5. The lowest BCUT2D eigenvalue weighted by molar-refractivity contribution is -0.158. The van der Waals surface area contributed by atoms with Crippen molar-refractivity contribution in [1.29, 1.82) is 0 Å². The van der Waals surface area contributed by atoms with Gasteiger partial charge in [-0.15, -0.1) is 0 Å². The van der Waals surface area contributed by atoms with Gasteiger partial charge in [0.2, 0.25) is 5.91 Å². The van der Waals surface area contributed by atoms with Crippen LogP contribution >= 0.6 is 11.6 Å². The normalized spacial score (nSPS) is 12.1. The fourth-order valence-corrected chi connectivity index (χ4v) is 3.25. The maximum absolute atomic E-state index is 12.0. The quantitative estimate of drug-likeness (QED) is 0.474. The Balaban J connectivity index is 2.25. The van der Waals surface area contributed by atoms with Gasteiger partial charge in [0.1, 0.15) is 11.5 Å². The second-order valence-corrected chi connectivity index (χ2v) is 7.91. The summed E-state index contributed by atoms with van der Waals surface area (Å²) >= 11 is 6.10. The maximum atomic E-state index is 12.0. The Bertz CT molecular complexity index is 885. The molecule has 2 rings (SSSR count). The smallest absolute Gasteiger partial charge is 0.349 e. The van der Waals surface area contributed by atoms with Crippen LogP contribution in [-0.2, 0) is 14.3 Å². The van der Waals surface area contributed by atoms with Crippen molar-refractivity contribution in [3.05, 3.63) is 58.1 Å². The van der Waals surface area contributed by atoms with E-state index in [9.17, 15) is 9.59 Å². The molecule has 0 aliphatic rings. The van der Waals surface area contributed by atoms with E-state index in [0.29, 0.717) is 16.5 Å². The van der Waals surface area contributed by atoms with Crippen LogP contribution < -0.4 is 14.8 Å². The number of esters is 1. The molecule has 2 aromatic carbocycles. The molecule has 6 nitrogen and oxygen atoms in total. The Morgan fingerprint density at radius 2 is 1.67 bits per heavy atom. The van der Waals surface area contributed by atoms with Crippen LogP contribution in [0.15, 0.2) is 36.4 Å². The third-order valence-electron chi connectivity index (χ3n) is 4.32. The molecular weight excluding hydrogens is 406 g/mol. The predicted octanol–water partition coefficient (Wildman–Crippen LogP) is 4.89. The lowest BCUT2D eigenvalue weighted by atomic mass is 10.1. The summed E-state index contributed by atoms with van der Waals surface area (Å²) in [7, 11) is 0. The highest BCUT2D eigenvalue weighted by atomic mass is 35.5. The SMILES string of the molecule is CCOC(=O)C(C)(C)Oc1ccc(C(NC(C)=O)Oc2c(C)cc(Cl)cc2C)cc1. The molecule has 2 aromatic rings. The van der Waals surface area contributed by atoms with Gasteiger partial charge >= 0.3 is 5.97 Å². The van der Waals surface area contributed by atoms with Gasteiger partial charge in [0.25, 0.3) is 0 Å². The average Bonchev–Trinajstić information content (AvgIpc) is 2.64. The van der Waals surface area contributed by atoms with Crippen molar-refractivity contribution in [3.8, 4) is 11.5 Å². The van der Waals surface area contributed by atoms with Gasteiger partial charge in [-0.25, -0.2) is 4.79 Å². The topological polar surface area (TPSA) is 73.9 Å².